The van der Waals surface area contributed by atoms with Crippen LogP contribution in [-0.4, -0.2) is 90.2 Å². The number of benzene rings is 1. The van der Waals surface area contributed by atoms with Crippen molar-refractivity contribution in [1.82, 2.24) is 9.80 Å². The van der Waals surface area contributed by atoms with Crippen LogP contribution in [0.15, 0.2) is 41.0 Å². The summed E-state index contributed by atoms with van der Waals surface area (Å²) in [6.07, 6.45) is 1.50. The van der Waals surface area contributed by atoms with Crippen molar-refractivity contribution in [2.24, 2.45) is 5.92 Å². The smallest absolute Gasteiger partial charge is 0.338 e. The number of esters is 1. The highest BCUT2D eigenvalue weighted by Gasteiger charge is 2.35. The lowest BCUT2D eigenvalue weighted by Gasteiger charge is -2.38. The molecule has 0 amide bonds. The zero-order valence-electron chi connectivity index (χ0n) is 20.2. The molecule has 3 unspecified atom stereocenters. The number of carbonyl (C=O) groups excluding carboxylic acids is 1. The summed E-state index contributed by atoms with van der Waals surface area (Å²) in [5.41, 5.74) is 5.10. The van der Waals surface area contributed by atoms with E-state index in [1.54, 1.807) is 6.07 Å². The number of nitrogens with zero attached hydrogens (tertiary/aromatic N) is 3. The number of cyclic esters (lactones) is 1. The third kappa shape index (κ3) is 5.74. The van der Waals surface area contributed by atoms with Gasteiger partial charge in [-0.3, -0.25) is 9.80 Å². The summed E-state index contributed by atoms with van der Waals surface area (Å²) in [4.78, 5) is 16.3. The molecule has 2 aliphatic heterocycles. The fraction of sp³-hybridized carbons (Fsp3) is 0.538. The molecule has 2 fully saturated rings. The van der Waals surface area contributed by atoms with E-state index in [0.717, 1.165) is 55.6 Å². The molecule has 184 valence electrons. The molecule has 3 aliphatic rings. The number of allylic oxidation sites excluding steroid dienone is 1. The van der Waals surface area contributed by atoms with Gasteiger partial charge >= 0.3 is 5.97 Å². The molecule has 0 saturated carbocycles. The van der Waals surface area contributed by atoms with Crippen molar-refractivity contribution in [2.45, 2.75) is 32.5 Å². The number of ether oxygens (including phenoxy) is 1. The molecule has 4 rings (SSSR count). The lowest BCUT2D eigenvalue weighted by molar-refractivity contribution is -0.135. The monoisotopic (exact) mass is 469 g/mol. The van der Waals surface area contributed by atoms with Crippen molar-refractivity contribution in [1.29, 1.82) is 5.26 Å². The van der Waals surface area contributed by atoms with Gasteiger partial charge in [-0.2, -0.15) is 5.26 Å². The molecule has 1 aromatic carbocycles. The first kappa shape index (κ1) is 26.1. The topological polar surface area (TPSA) is 117 Å². The summed E-state index contributed by atoms with van der Waals surface area (Å²) in [6, 6.07) is 7.53. The molecule has 34 heavy (non-hydrogen) atoms. The van der Waals surface area contributed by atoms with Crippen LogP contribution >= 0.6 is 0 Å². The van der Waals surface area contributed by atoms with E-state index in [0.29, 0.717) is 37.3 Å². The lowest BCUT2D eigenvalue weighted by atomic mass is 9.81. The summed E-state index contributed by atoms with van der Waals surface area (Å²) in [5, 5.41) is 37.6. The van der Waals surface area contributed by atoms with Crippen LogP contribution in [0.4, 0.5) is 0 Å². The Kier molecular flexibility index (Phi) is 9.00. The standard InChI is InChI=1S/C25H31N3O4.CH4O/c1-16-11-18(12-26)3-4-19(16)23(29)13-27-7-9-28(10-8-27)14-24(30)20-5-6-21-22(17(20)2)15-32-25(21)31;1-2/h3-4,6,11,20,23-24,29-30H,5,7-10,13-15H2,1-2H3;2H,1H3. The maximum absolute atomic E-state index is 11.8. The molecule has 8 heteroatoms. The van der Waals surface area contributed by atoms with Gasteiger partial charge < -0.3 is 20.1 Å². The number of hydrogen-bond donors (Lipinski definition) is 3. The van der Waals surface area contributed by atoms with E-state index < -0.39 is 12.2 Å². The number of nitriles is 1. The Morgan fingerprint density at radius 1 is 1.12 bits per heavy atom. The van der Waals surface area contributed by atoms with Crippen LogP contribution in [0.25, 0.3) is 0 Å². The van der Waals surface area contributed by atoms with Crippen LogP contribution in [0.2, 0.25) is 0 Å². The van der Waals surface area contributed by atoms with Crippen LogP contribution in [0.5, 0.6) is 0 Å². The SMILES string of the molecule is CC1=C2COC(=O)C2=CCC1C(O)CN1CCN(CC(O)c2ccc(C#N)cc2C)CC1.CO. The van der Waals surface area contributed by atoms with Gasteiger partial charge in [0.05, 0.1) is 29.4 Å². The molecule has 0 aromatic heterocycles. The van der Waals surface area contributed by atoms with Gasteiger partial charge in [0.2, 0.25) is 0 Å². The third-order valence-electron chi connectivity index (χ3n) is 7.06. The number of aliphatic hydroxyl groups excluding tert-OH is 3. The molecule has 2 saturated heterocycles. The minimum absolute atomic E-state index is 0.0162. The number of hydrogen-bond acceptors (Lipinski definition) is 8. The Morgan fingerprint density at radius 3 is 2.38 bits per heavy atom. The van der Waals surface area contributed by atoms with Gasteiger partial charge in [0.1, 0.15) is 6.61 Å². The van der Waals surface area contributed by atoms with E-state index in [9.17, 15) is 15.0 Å². The van der Waals surface area contributed by atoms with Crippen molar-refractivity contribution in [3.05, 3.63) is 57.7 Å². The predicted molar refractivity (Wildman–Crippen MR) is 128 cm³/mol. The van der Waals surface area contributed by atoms with E-state index in [4.69, 9.17) is 15.1 Å². The Hall–Kier alpha value is -2.54. The molecule has 3 N–H and O–H groups in total. The van der Waals surface area contributed by atoms with E-state index in [-0.39, 0.29) is 11.9 Å². The molecular formula is C26H35N3O5. The summed E-state index contributed by atoms with van der Waals surface area (Å²) in [6.45, 7) is 8.72. The average Bonchev–Trinajstić information content (AvgIpc) is 3.23. The maximum atomic E-state index is 11.8. The van der Waals surface area contributed by atoms with Gasteiger partial charge in [-0.15, -0.1) is 0 Å². The summed E-state index contributed by atoms with van der Waals surface area (Å²) >= 11 is 0. The molecule has 0 spiro atoms. The van der Waals surface area contributed by atoms with Gasteiger partial charge in [-0.25, -0.2) is 4.79 Å². The number of rotatable bonds is 6. The zero-order valence-corrected chi connectivity index (χ0v) is 20.2. The third-order valence-corrected chi connectivity index (χ3v) is 7.06. The van der Waals surface area contributed by atoms with Gasteiger partial charge in [0.15, 0.2) is 0 Å². The van der Waals surface area contributed by atoms with Crippen molar-refractivity contribution < 1.29 is 24.9 Å². The van der Waals surface area contributed by atoms with Crippen molar-refractivity contribution >= 4 is 5.97 Å². The summed E-state index contributed by atoms with van der Waals surface area (Å²) in [7, 11) is 1.00. The average molecular weight is 470 g/mol. The van der Waals surface area contributed by atoms with Crippen LogP contribution in [0.1, 0.15) is 36.1 Å². The van der Waals surface area contributed by atoms with Crippen molar-refractivity contribution in [3.63, 3.8) is 0 Å². The predicted octanol–water partition coefficient (Wildman–Crippen LogP) is 1.31. The van der Waals surface area contributed by atoms with Crippen LogP contribution < -0.4 is 0 Å². The maximum Gasteiger partial charge on any atom is 0.338 e. The molecule has 3 atom stereocenters. The first-order chi connectivity index (χ1) is 16.4. The van der Waals surface area contributed by atoms with Crippen molar-refractivity contribution in [2.75, 3.05) is 53.0 Å². The summed E-state index contributed by atoms with van der Waals surface area (Å²) < 4.78 is 5.15. The number of piperazine rings is 1. The van der Waals surface area contributed by atoms with Gasteiger partial charge in [-0.05, 0) is 43.5 Å². The van der Waals surface area contributed by atoms with E-state index in [2.05, 4.69) is 15.9 Å². The number of β-amino-alcohol motifs (C(OH)–C–C–N with tert-alkyl or cyclic N) is 2. The molecular weight excluding hydrogens is 434 g/mol. The molecule has 8 nitrogen and oxygen atoms in total. The fourth-order valence-electron chi connectivity index (χ4n) is 5.05. The Morgan fingerprint density at radius 2 is 1.76 bits per heavy atom. The van der Waals surface area contributed by atoms with Gasteiger partial charge in [0.25, 0.3) is 0 Å². The second-order valence-corrected chi connectivity index (χ2v) is 9.07. The first-order valence-electron chi connectivity index (χ1n) is 11.7. The fourth-order valence-corrected chi connectivity index (χ4v) is 5.05. The second-order valence-electron chi connectivity index (χ2n) is 9.07. The number of fused-ring (bicyclic) bond motifs is 1. The first-order valence-corrected chi connectivity index (χ1v) is 11.7. The highest BCUT2D eigenvalue weighted by molar-refractivity contribution is 5.97. The van der Waals surface area contributed by atoms with E-state index in [1.807, 2.05) is 32.1 Å². The Labute approximate surface area is 201 Å². The quantitative estimate of drug-likeness (QED) is 0.534. The number of aryl methyl sites for hydroxylation is 1. The Balaban J connectivity index is 0.00000158. The van der Waals surface area contributed by atoms with Gasteiger partial charge in [0, 0.05) is 57.9 Å². The minimum atomic E-state index is -0.589. The van der Waals surface area contributed by atoms with Crippen LogP contribution in [0.3, 0.4) is 0 Å². The van der Waals surface area contributed by atoms with E-state index in [1.165, 1.54) is 0 Å². The Bertz CT molecular complexity index is 989. The highest BCUT2D eigenvalue weighted by Crippen LogP contribution is 2.36. The molecule has 0 radical (unpaired) electrons. The molecule has 1 aromatic rings. The van der Waals surface area contributed by atoms with Crippen molar-refractivity contribution in [3.8, 4) is 6.07 Å². The normalized spacial score (nSPS) is 22.7. The number of carbonyl (C=O) groups is 1. The molecule has 0 bridgehead atoms. The van der Waals surface area contributed by atoms with E-state index >= 15 is 0 Å². The minimum Gasteiger partial charge on any atom is -0.457 e. The molecule has 1 aliphatic carbocycles. The summed E-state index contributed by atoms with van der Waals surface area (Å²) in [5.74, 6) is -0.232. The number of aliphatic hydroxyl groups is 3. The second kappa shape index (κ2) is 11.7. The van der Waals surface area contributed by atoms with Crippen LogP contribution in [-0.2, 0) is 9.53 Å². The zero-order chi connectivity index (χ0) is 24.8. The highest BCUT2D eigenvalue weighted by atomic mass is 16.5. The van der Waals surface area contributed by atoms with Crippen LogP contribution in [0, 0.1) is 24.2 Å². The lowest BCUT2D eigenvalue weighted by Crippen LogP contribution is -2.50. The van der Waals surface area contributed by atoms with Gasteiger partial charge in [-0.1, -0.05) is 17.7 Å². The largest absolute Gasteiger partial charge is 0.457 e. The molecule has 2 heterocycles.